The topological polar surface area (TPSA) is 92.4 Å². The summed E-state index contributed by atoms with van der Waals surface area (Å²) < 4.78 is 69.4. The van der Waals surface area contributed by atoms with Gasteiger partial charge in [0, 0.05) is 17.8 Å². The Bertz CT molecular complexity index is 750. The lowest BCUT2D eigenvalue weighted by Crippen LogP contribution is -2.21. The van der Waals surface area contributed by atoms with Crippen LogP contribution in [0.1, 0.15) is 10.4 Å². The fourth-order valence-electron chi connectivity index (χ4n) is 1.61. The molecular formula is C12H8F6N2O4. The molecule has 0 radical (unpaired) electrons. The van der Waals surface area contributed by atoms with Crippen molar-refractivity contribution in [3.05, 3.63) is 30.1 Å². The molecule has 2 N–H and O–H groups in total. The molecule has 0 bridgehead atoms. The summed E-state index contributed by atoms with van der Waals surface area (Å²) in [5.74, 6) is -4.03. The van der Waals surface area contributed by atoms with Gasteiger partial charge in [0.1, 0.15) is 12.2 Å². The fourth-order valence-corrected chi connectivity index (χ4v) is 1.61. The number of alkyl halides is 6. The van der Waals surface area contributed by atoms with Crippen LogP contribution in [0.4, 0.5) is 26.3 Å². The van der Waals surface area contributed by atoms with Crippen molar-refractivity contribution in [2.24, 2.45) is 0 Å². The first kappa shape index (κ1) is 19.3. The Labute approximate surface area is 128 Å². The minimum absolute atomic E-state index is 0.0159. The molecule has 0 spiro atoms. The smallest absolute Gasteiger partial charge is 0.478 e. The van der Waals surface area contributed by atoms with Gasteiger partial charge in [-0.25, -0.2) is 14.6 Å². The highest BCUT2D eigenvalue weighted by atomic mass is 19.4. The lowest BCUT2D eigenvalue weighted by Gasteiger charge is -2.07. The highest BCUT2D eigenvalue weighted by molar-refractivity contribution is 6.02. The highest BCUT2D eigenvalue weighted by Gasteiger charge is 2.38. The lowest BCUT2D eigenvalue weighted by molar-refractivity contribution is -0.192. The van der Waals surface area contributed by atoms with Crippen molar-refractivity contribution in [1.29, 1.82) is 0 Å². The third kappa shape index (κ3) is 5.14. The molecule has 0 aromatic carbocycles. The molecule has 2 aromatic rings. The number of halogens is 6. The van der Waals surface area contributed by atoms with E-state index in [2.05, 4.69) is 4.98 Å². The Morgan fingerprint density at radius 2 is 1.67 bits per heavy atom. The molecular weight excluding hydrogens is 350 g/mol. The van der Waals surface area contributed by atoms with E-state index in [1.165, 1.54) is 18.3 Å². The second-order valence-corrected chi connectivity index (χ2v) is 4.27. The zero-order valence-electron chi connectivity index (χ0n) is 11.4. The van der Waals surface area contributed by atoms with Crippen molar-refractivity contribution < 1.29 is 46.1 Å². The third-order valence-corrected chi connectivity index (χ3v) is 2.46. The van der Waals surface area contributed by atoms with E-state index in [4.69, 9.17) is 15.0 Å². The molecule has 6 nitrogen and oxygen atoms in total. The molecule has 132 valence electrons. The molecule has 0 aliphatic heterocycles. The summed E-state index contributed by atoms with van der Waals surface area (Å²) in [7, 11) is 0. The normalized spacial score (nSPS) is 11.8. The van der Waals surface area contributed by atoms with Gasteiger partial charge in [0.15, 0.2) is 0 Å². The molecule has 0 amide bonds. The quantitative estimate of drug-likeness (QED) is 0.806. The summed E-state index contributed by atoms with van der Waals surface area (Å²) in [4.78, 5) is 23.5. The Hall–Kier alpha value is -2.79. The number of pyridine rings is 1. The van der Waals surface area contributed by atoms with E-state index in [0.717, 1.165) is 10.8 Å². The van der Waals surface area contributed by atoms with E-state index >= 15 is 0 Å². The maximum Gasteiger partial charge on any atom is 0.490 e. The van der Waals surface area contributed by atoms with Crippen LogP contribution in [0, 0.1) is 0 Å². The average Bonchev–Trinajstić information content (AvgIpc) is 2.76. The number of hydrogen-bond acceptors (Lipinski definition) is 3. The predicted molar refractivity (Wildman–Crippen MR) is 66.4 cm³/mol. The maximum absolute atomic E-state index is 12.3. The standard InChI is InChI=1S/C10H7F3N2O2.C2HF3O2/c11-10(12,13)5-15-4-7(9(16)17)6-2-1-3-14-8(6)15;3-2(4,5)1(6)7/h1-4H,5H2,(H,16,17);(H,6,7). The summed E-state index contributed by atoms with van der Waals surface area (Å²) in [5, 5.41) is 16.2. The summed E-state index contributed by atoms with van der Waals surface area (Å²) in [5.41, 5.74) is -0.167. The molecule has 0 unspecified atom stereocenters. The zero-order chi connectivity index (χ0) is 18.7. The highest BCUT2D eigenvalue weighted by Crippen LogP contribution is 2.24. The van der Waals surface area contributed by atoms with Crippen LogP contribution in [0.3, 0.4) is 0 Å². The van der Waals surface area contributed by atoms with E-state index in [9.17, 15) is 31.1 Å². The summed E-state index contributed by atoms with van der Waals surface area (Å²) >= 11 is 0. The Kier molecular flexibility index (Phi) is 5.43. The van der Waals surface area contributed by atoms with Crippen molar-refractivity contribution >= 4 is 23.0 Å². The van der Waals surface area contributed by atoms with Crippen LogP contribution < -0.4 is 0 Å². The van der Waals surface area contributed by atoms with Crippen LogP contribution in [0.5, 0.6) is 0 Å². The van der Waals surface area contributed by atoms with Gasteiger partial charge >= 0.3 is 24.3 Å². The van der Waals surface area contributed by atoms with Crippen LogP contribution in [0.2, 0.25) is 0 Å². The number of carboxylic acids is 2. The van der Waals surface area contributed by atoms with Gasteiger partial charge in [0.25, 0.3) is 0 Å². The maximum atomic E-state index is 12.3. The monoisotopic (exact) mass is 358 g/mol. The van der Waals surface area contributed by atoms with E-state index in [1.807, 2.05) is 0 Å². The van der Waals surface area contributed by atoms with Gasteiger partial charge in [0.05, 0.1) is 5.56 Å². The van der Waals surface area contributed by atoms with E-state index in [-0.39, 0.29) is 16.6 Å². The number of hydrogen-bond donors (Lipinski definition) is 2. The second-order valence-electron chi connectivity index (χ2n) is 4.27. The first-order chi connectivity index (χ1) is 10.8. The van der Waals surface area contributed by atoms with E-state index < -0.39 is 30.8 Å². The SMILES string of the molecule is O=C(O)C(F)(F)F.O=C(O)c1cn(CC(F)(F)F)c2ncccc12. The van der Waals surface area contributed by atoms with Crippen LogP contribution in [0.15, 0.2) is 24.5 Å². The van der Waals surface area contributed by atoms with Gasteiger partial charge in [-0.3, -0.25) is 0 Å². The molecule has 0 saturated heterocycles. The molecule has 24 heavy (non-hydrogen) atoms. The van der Waals surface area contributed by atoms with E-state index in [1.54, 1.807) is 0 Å². The number of carbonyl (C=O) groups is 2. The number of aromatic nitrogens is 2. The molecule has 2 aromatic heterocycles. The molecule has 0 aliphatic rings. The van der Waals surface area contributed by atoms with Crippen LogP contribution in [-0.4, -0.2) is 44.1 Å². The Balaban J connectivity index is 0.000000351. The Morgan fingerprint density at radius 1 is 1.12 bits per heavy atom. The van der Waals surface area contributed by atoms with Crippen molar-refractivity contribution in [3.8, 4) is 0 Å². The third-order valence-electron chi connectivity index (χ3n) is 2.46. The number of aliphatic carboxylic acids is 1. The van der Waals surface area contributed by atoms with Crippen molar-refractivity contribution in [3.63, 3.8) is 0 Å². The number of carboxylic acid groups (broad SMARTS) is 2. The molecule has 2 rings (SSSR count). The summed E-state index contributed by atoms with van der Waals surface area (Å²) in [6.45, 7) is -1.26. The molecule has 0 fully saturated rings. The van der Waals surface area contributed by atoms with Gasteiger partial charge in [-0.2, -0.15) is 26.3 Å². The zero-order valence-corrected chi connectivity index (χ0v) is 11.4. The van der Waals surface area contributed by atoms with Crippen LogP contribution >= 0.6 is 0 Å². The van der Waals surface area contributed by atoms with Crippen molar-refractivity contribution in [2.75, 3.05) is 0 Å². The predicted octanol–water partition coefficient (Wildman–Crippen LogP) is 2.93. The molecule has 0 atom stereocenters. The molecule has 12 heteroatoms. The van der Waals surface area contributed by atoms with Gasteiger partial charge < -0.3 is 14.8 Å². The van der Waals surface area contributed by atoms with E-state index in [0.29, 0.717) is 0 Å². The average molecular weight is 358 g/mol. The largest absolute Gasteiger partial charge is 0.490 e. The summed E-state index contributed by atoms with van der Waals surface area (Å²) in [6.07, 6.45) is -7.23. The second kappa shape index (κ2) is 6.76. The first-order valence-electron chi connectivity index (χ1n) is 5.87. The summed E-state index contributed by atoms with van der Waals surface area (Å²) in [6, 6.07) is 2.91. The number of aromatic carboxylic acids is 1. The Morgan fingerprint density at radius 3 is 2.08 bits per heavy atom. The number of nitrogens with zero attached hydrogens (tertiary/aromatic N) is 2. The molecule has 0 saturated carbocycles. The number of fused-ring (bicyclic) bond motifs is 1. The number of rotatable bonds is 2. The molecule has 2 heterocycles. The van der Waals surface area contributed by atoms with Gasteiger partial charge in [0.2, 0.25) is 0 Å². The van der Waals surface area contributed by atoms with Crippen molar-refractivity contribution in [2.45, 2.75) is 18.9 Å². The van der Waals surface area contributed by atoms with Crippen LogP contribution in [-0.2, 0) is 11.3 Å². The minimum atomic E-state index is -5.08. The fraction of sp³-hybridized carbons (Fsp3) is 0.250. The first-order valence-corrected chi connectivity index (χ1v) is 5.87. The van der Waals surface area contributed by atoms with Crippen LogP contribution in [0.25, 0.3) is 11.0 Å². The molecule has 0 aliphatic carbocycles. The van der Waals surface area contributed by atoms with Crippen molar-refractivity contribution in [1.82, 2.24) is 9.55 Å². The van der Waals surface area contributed by atoms with Gasteiger partial charge in [-0.05, 0) is 12.1 Å². The van der Waals surface area contributed by atoms with Gasteiger partial charge in [-0.1, -0.05) is 0 Å². The van der Waals surface area contributed by atoms with Gasteiger partial charge in [-0.15, -0.1) is 0 Å². The lowest BCUT2D eigenvalue weighted by atomic mass is 10.2. The minimum Gasteiger partial charge on any atom is -0.478 e.